The van der Waals surface area contributed by atoms with Crippen LogP contribution in [-0.2, 0) is 6.42 Å². The molecule has 0 unspecified atom stereocenters. The Labute approximate surface area is 193 Å². The average molecular weight is 435 g/mol. The van der Waals surface area contributed by atoms with E-state index in [4.69, 9.17) is 4.74 Å². The van der Waals surface area contributed by atoms with E-state index in [9.17, 15) is 4.79 Å². The number of aryl methyl sites for hydroxylation is 3. The number of hydrogen-bond donors (Lipinski definition) is 0. The van der Waals surface area contributed by atoms with Gasteiger partial charge in [0.15, 0.2) is 0 Å². The van der Waals surface area contributed by atoms with Crippen molar-refractivity contribution in [2.45, 2.75) is 52.4 Å². The van der Waals surface area contributed by atoms with E-state index in [-0.39, 0.29) is 5.91 Å². The molecule has 2 aromatic carbocycles. The van der Waals surface area contributed by atoms with Crippen LogP contribution < -0.4 is 4.74 Å². The van der Waals surface area contributed by atoms with E-state index in [2.05, 4.69) is 41.1 Å². The minimum Gasteiger partial charge on any atom is -0.492 e. The number of carbonyl (C=O) groups is 1. The van der Waals surface area contributed by atoms with Gasteiger partial charge in [0.2, 0.25) is 0 Å². The van der Waals surface area contributed by atoms with E-state index in [1.54, 1.807) is 0 Å². The Balaban J connectivity index is 1.43. The first-order valence-corrected chi connectivity index (χ1v) is 12.2. The maximum absolute atomic E-state index is 13.3. The standard InChI is InChI=1S/C28H38N2O2/c1-22-9-8-10-23(2)26(22)27(31)30-17-15-28(16-18-30)14-7-6-12-24-11-4-5-13-25(24)32-20-19-29(3)21-28/h4-5,8-11,13H,6-7,12,14-21H2,1-3H3. The second-order valence-electron chi connectivity index (χ2n) is 9.96. The second kappa shape index (κ2) is 10.1. The van der Waals surface area contributed by atoms with Gasteiger partial charge in [-0.2, -0.15) is 0 Å². The zero-order chi connectivity index (χ0) is 22.6. The predicted octanol–water partition coefficient (Wildman–Crippen LogP) is 5.26. The van der Waals surface area contributed by atoms with Crippen LogP contribution in [0.4, 0.5) is 0 Å². The number of piperidine rings is 1. The first kappa shape index (κ1) is 22.8. The number of amides is 1. The molecule has 0 radical (unpaired) electrons. The summed E-state index contributed by atoms with van der Waals surface area (Å²) in [5.41, 5.74) is 4.70. The van der Waals surface area contributed by atoms with Crippen LogP contribution >= 0.6 is 0 Å². The molecule has 2 heterocycles. The highest BCUT2D eigenvalue weighted by Crippen LogP contribution is 2.38. The molecule has 0 atom stereocenters. The number of fused-ring (bicyclic) bond motifs is 1. The molecule has 1 amide bonds. The molecule has 0 aliphatic carbocycles. The Morgan fingerprint density at radius 1 is 0.906 bits per heavy atom. The zero-order valence-corrected chi connectivity index (χ0v) is 20.0. The highest BCUT2D eigenvalue weighted by Gasteiger charge is 2.37. The van der Waals surface area contributed by atoms with Crippen LogP contribution in [0.25, 0.3) is 0 Å². The van der Waals surface area contributed by atoms with Gasteiger partial charge in [-0.1, -0.05) is 42.8 Å². The van der Waals surface area contributed by atoms with Crippen LogP contribution in [0, 0.1) is 19.3 Å². The van der Waals surface area contributed by atoms with Gasteiger partial charge in [0.25, 0.3) is 5.91 Å². The van der Waals surface area contributed by atoms with Crippen molar-refractivity contribution < 1.29 is 9.53 Å². The third kappa shape index (κ3) is 5.17. The third-order valence-corrected chi connectivity index (χ3v) is 7.52. The number of rotatable bonds is 1. The van der Waals surface area contributed by atoms with Crippen LogP contribution in [0.2, 0.25) is 0 Å². The fourth-order valence-electron chi connectivity index (χ4n) is 5.61. The molecular weight excluding hydrogens is 396 g/mol. The van der Waals surface area contributed by atoms with Gasteiger partial charge in [-0.15, -0.1) is 0 Å². The number of carbonyl (C=O) groups excluding carboxylic acids is 1. The monoisotopic (exact) mass is 434 g/mol. The molecule has 32 heavy (non-hydrogen) atoms. The molecule has 1 spiro atoms. The molecule has 1 saturated heterocycles. The summed E-state index contributed by atoms with van der Waals surface area (Å²) >= 11 is 0. The van der Waals surface area contributed by atoms with Gasteiger partial charge in [0, 0.05) is 31.7 Å². The van der Waals surface area contributed by atoms with Crippen molar-refractivity contribution in [2.75, 3.05) is 39.8 Å². The summed E-state index contributed by atoms with van der Waals surface area (Å²) in [6.45, 7) is 8.56. The van der Waals surface area contributed by atoms with E-state index >= 15 is 0 Å². The lowest BCUT2D eigenvalue weighted by molar-refractivity contribution is 0.0424. The van der Waals surface area contributed by atoms with Crippen LogP contribution in [-0.4, -0.2) is 55.5 Å². The molecule has 4 rings (SSSR count). The van der Waals surface area contributed by atoms with Gasteiger partial charge in [-0.25, -0.2) is 0 Å². The lowest BCUT2D eigenvalue weighted by atomic mass is 9.73. The summed E-state index contributed by atoms with van der Waals surface area (Å²) in [7, 11) is 2.22. The average Bonchev–Trinajstić information content (AvgIpc) is 2.77. The quantitative estimate of drug-likeness (QED) is 0.613. The Bertz CT molecular complexity index is 911. The van der Waals surface area contributed by atoms with E-state index in [0.717, 1.165) is 74.5 Å². The van der Waals surface area contributed by atoms with E-state index in [1.807, 2.05) is 32.0 Å². The van der Waals surface area contributed by atoms with E-state index < -0.39 is 0 Å². The molecule has 172 valence electrons. The minimum absolute atomic E-state index is 0.210. The van der Waals surface area contributed by atoms with Crippen molar-refractivity contribution >= 4 is 5.91 Å². The molecule has 0 saturated carbocycles. The van der Waals surface area contributed by atoms with Crippen molar-refractivity contribution in [3.63, 3.8) is 0 Å². The Morgan fingerprint density at radius 2 is 1.62 bits per heavy atom. The molecule has 0 N–H and O–H groups in total. The van der Waals surface area contributed by atoms with Crippen LogP contribution in [0.15, 0.2) is 42.5 Å². The molecule has 2 aliphatic heterocycles. The summed E-state index contributed by atoms with van der Waals surface area (Å²) in [6.07, 6.45) is 6.92. The van der Waals surface area contributed by atoms with Crippen molar-refractivity contribution in [3.8, 4) is 5.75 Å². The summed E-state index contributed by atoms with van der Waals surface area (Å²) in [5.74, 6) is 1.26. The fraction of sp³-hybridized carbons (Fsp3) is 0.536. The van der Waals surface area contributed by atoms with Gasteiger partial charge in [-0.05, 0) is 81.2 Å². The van der Waals surface area contributed by atoms with E-state index in [1.165, 1.54) is 24.8 Å². The van der Waals surface area contributed by atoms with Gasteiger partial charge in [0.1, 0.15) is 12.4 Å². The number of benzene rings is 2. The lowest BCUT2D eigenvalue weighted by Gasteiger charge is -2.44. The maximum Gasteiger partial charge on any atom is 0.254 e. The van der Waals surface area contributed by atoms with Gasteiger partial charge < -0.3 is 14.5 Å². The summed E-state index contributed by atoms with van der Waals surface area (Å²) in [4.78, 5) is 17.8. The first-order chi connectivity index (χ1) is 15.5. The van der Waals surface area contributed by atoms with Crippen molar-refractivity contribution in [3.05, 3.63) is 64.7 Å². The van der Waals surface area contributed by atoms with Crippen LogP contribution in [0.3, 0.4) is 0 Å². The lowest BCUT2D eigenvalue weighted by Crippen LogP contribution is -2.48. The van der Waals surface area contributed by atoms with Gasteiger partial charge in [0.05, 0.1) is 0 Å². The number of likely N-dealkylation sites (tertiary alicyclic amines) is 1. The summed E-state index contributed by atoms with van der Waals surface area (Å²) in [6, 6.07) is 14.6. The Morgan fingerprint density at radius 3 is 2.38 bits per heavy atom. The smallest absolute Gasteiger partial charge is 0.254 e. The molecule has 1 fully saturated rings. The normalized spacial score (nSPS) is 20.0. The maximum atomic E-state index is 13.3. The molecule has 4 heteroatoms. The van der Waals surface area contributed by atoms with Crippen molar-refractivity contribution in [1.29, 1.82) is 0 Å². The van der Waals surface area contributed by atoms with Gasteiger partial charge >= 0.3 is 0 Å². The van der Waals surface area contributed by atoms with E-state index in [0.29, 0.717) is 5.41 Å². The largest absolute Gasteiger partial charge is 0.492 e. The molecule has 0 bridgehead atoms. The Hall–Kier alpha value is -2.33. The SMILES string of the molecule is Cc1cccc(C)c1C(=O)N1CCC2(CCCCc3ccccc3OCCN(C)C2)CC1. The van der Waals surface area contributed by atoms with Crippen LogP contribution in [0.5, 0.6) is 5.75 Å². The first-order valence-electron chi connectivity index (χ1n) is 12.2. The highest BCUT2D eigenvalue weighted by molar-refractivity contribution is 5.97. The zero-order valence-electron chi connectivity index (χ0n) is 20.0. The molecule has 0 aromatic heterocycles. The van der Waals surface area contributed by atoms with Crippen LogP contribution in [0.1, 0.15) is 59.2 Å². The molecular formula is C28H38N2O2. The molecule has 2 aromatic rings. The van der Waals surface area contributed by atoms with Crippen molar-refractivity contribution in [2.24, 2.45) is 5.41 Å². The highest BCUT2D eigenvalue weighted by atomic mass is 16.5. The third-order valence-electron chi connectivity index (χ3n) is 7.52. The number of hydrogen-bond acceptors (Lipinski definition) is 3. The number of para-hydroxylation sites is 1. The molecule has 4 nitrogen and oxygen atoms in total. The number of likely N-dealkylation sites (N-methyl/N-ethyl adjacent to an activating group) is 1. The Kier molecular flexibility index (Phi) is 7.20. The van der Waals surface area contributed by atoms with Gasteiger partial charge in [-0.3, -0.25) is 4.79 Å². The summed E-state index contributed by atoms with van der Waals surface area (Å²) in [5, 5.41) is 0. The summed E-state index contributed by atoms with van der Waals surface area (Å²) < 4.78 is 6.13. The number of nitrogens with zero attached hydrogens (tertiary/aromatic N) is 2. The molecule has 2 aliphatic rings. The fourth-order valence-corrected chi connectivity index (χ4v) is 5.61. The number of ether oxygens (including phenoxy) is 1. The predicted molar refractivity (Wildman–Crippen MR) is 130 cm³/mol. The van der Waals surface area contributed by atoms with Crippen molar-refractivity contribution in [1.82, 2.24) is 9.80 Å². The second-order valence-corrected chi connectivity index (χ2v) is 9.96. The minimum atomic E-state index is 0.210. The topological polar surface area (TPSA) is 32.8 Å².